The van der Waals surface area contributed by atoms with Gasteiger partial charge in [-0.05, 0) is 36.0 Å². The van der Waals surface area contributed by atoms with Crippen LogP contribution in [0.5, 0.6) is 0 Å². The summed E-state index contributed by atoms with van der Waals surface area (Å²) in [5.41, 5.74) is -0.240. The molecule has 5 heteroatoms. The van der Waals surface area contributed by atoms with Gasteiger partial charge in [0.2, 0.25) is 0 Å². The molecule has 0 aliphatic heterocycles. The number of hydrogen-bond donors (Lipinski definition) is 0. The number of alkyl halides is 3. The molecule has 6 fully saturated rings. The first-order chi connectivity index (χ1) is 8.42. The minimum absolute atomic E-state index is 0.00146. The molecule has 0 aromatic heterocycles. The van der Waals surface area contributed by atoms with Gasteiger partial charge in [-0.25, -0.2) is 0 Å². The maximum absolute atomic E-state index is 11.6. The molecule has 0 heterocycles. The van der Waals surface area contributed by atoms with Gasteiger partial charge >= 0.3 is 5.97 Å². The van der Waals surface area contributed by atoms with E-state index in [1.807, 2.05) is 0 Å². The van der Waals surface area contributed by atoms with Gasteiger partial charge in [-0.3, -0.25) is 4.79 Å². The topological polar surface area (TPSA) is 26.3 Å². The molecule has 0 amide bonds. The van der Waals surface area contributed by atoms with Crippen LogP contribution < -0.4 is 0 Å². The average molecular weight is 441 g/mol. The fourth-order valence-corrected chi connectivity index (χ4v) is 10.9. The van der Waals surface area contributed by atoms with E-state index in [0.717, 1.165) is 23.7 Å². The second-order valence-corrected chi connectivity index (χ2v) is 11.4. The molecule has 0 N–H and O–H groups in total. The summed E-state index contributed by atoms with van der Waals surface area (Å²) in [7, 11) is 0. The van der Waals surface area contributed by atoms with Crippen LogP contribution in [-0.2, 0) is 9.53 Å². The highest BCUT2D eigenvalue weighted by Crippen LogP contribution is 2.90. The van der Waals surface area contributed by atoms with Crippen LogP contribution in [0.2, 0.25) is 0 Å². The van der Waals surface area contributed by atoms with E-state index in [1.54, 1.807) is 6.92 Å². The number of halogens is 3. The van der Waals surface area contributed by atoms with Crippen LogP contribution in [-0.4, -0.2) is 19.6 Å². The molecule has 6 aliphatic carbocycles. The lowest BCUT2D eigenvalue weighted by atomic mass is 9.69. The van der Waals surface area contributed by atoms with Gasteiger partial charge < -0.3 is 4.74 Å². The van der Waals surface area contributed by atoms with Crippen LogP contribution in [0.15, 0.2) is 0 Å². The molecule has 9 atom stereocenters. The normalized spacial score (nSPS) is 67.6. The fourth-order valence-electron chi connectivity index (χ4n) is 6.89. The first-order valence-electron chi connectivity index (χ1n) is 6.64. The highest BCUT2D eigenvalue weighted by molar-refractivity contribution is 9.25. The van der Waals surface area contributed by atoms with E-state index in [9.17, 15) is 4.79 Å². The summed E-state index contributed by atoms with van der Waals surface area (Å²) >= 11 is 11.8. The van der Waals surface area contributed by atoms with Crippen molar-refractivity contribution in [1.82, 2.24) is 0 Å². The monoisotopic (exact) mass is 438 g/mol. The zero-order valence-electron chi connectivity index (χ0n) is 9.78. The number of carbonyl (C=O) groups excluding carboxylic acids is 1. The first kappa shape index (κ1) is 11.6. The Labute approximate surface area is 131 Å². The van der Waals surface area contributed by atoms with E-state index in [1.165, 1.54) is 6.42 Å². The molecule has 6 bridgehead atoms. The zero-order valence-corrected chi connectivity index (χ0v) is 14.5. The third-order valence-corrected chi connectivity index (χ3v) is 10.00. The summed E-state index contributed by atoms with van der Waals surface area (Å²) < 4.78 is 5.98. The van der Waals surface area contributed by atoms with Crippen molar-refractivity contribution in [3.8, 4) is 0 Å². The van der Waals surface area contributed by atoms with Gasteiger partial charge in [-0.15, -0.1) is 0 Å². The molecule has 6 rings (SSSR count). The van der Waals surface area contributed by atoms with E-state index < -0.39 is 0 Å². The number of hydrogen-bond acceptors (Lipinski definition) is 2. The Bertz CT molecular complexity index is 493. The Morgan fingerprint density at radius 2 is 1.89 bits per heavy atom. The summed E-state index contributed by atoms with van der Waals surface area (Å²) in [6, 6.07) is 0. The maximum atomic E-state index is 11.6. The minimum atomic E-state index is -0.240. The quantitative estimate of drug-likeness (QED) is 0.462. The van der Waals surface area contributed by atoms with Crippen molar-refractivity contribution in [2.45, 2.75) is 27.0 Å². The molecule has 0 aromatic rings. The summed E-state index contributed by atoms with van der Waals surface area (Å²) in [6.07, 6.45) is 1.35. The standard InChI is InChI=1S/C13H13Br3O2/c1-3(17)18-12-8-5-2-4-6(7(5)11(12)14)10(12)13(15,16)9(4)8/h4-11H,2H2,1H3/t4-,5+,6-,7-,8-,9+,10+,11+,12+/m0/s1. The predicted octanol–water partition coefficient (Wildman–Crippen LogP) is 3.31. The van der Waals surface area contributed by atoms with Gasteiger partial charge in [-0.2, -0.15) is 0 Å². The van der Waals surface area contributed by atoms with Gasteiger partial charge in [0, 0.05) is 18.8 Å². The van der Waals surface area contributed by atoms with Crippen molar-refractivity contribution in [2.75, 3.05) is 0 Å². The minimum Gasteiger partial charge on any atom is -0.457 e. The lowest BCUT2D eigenvalue weighted by Crippen LogP contribution is -2.49. The van der Waals surface area contributed by atoms with Crippen molar-refractivity contribution in [2.24, 2.45) is 41.4 Å². The molecule has 0 radical (unpaired) electrons. The molecule has 6 saturated carbocycles. The molecule has 0 aromatic carbocycles. The Kier molecular flexibility index (Phi) is 1.87. The molecule has 98 valence electrons. The predicted molar refractivity (Wildman–Crippen MR) is 76.8 cm³/mol. The Morgan fingerprint density at radius 3 is 2.56 bits per heavy atom. The molecule has 0 unspecified atom stereocenters. The number of ether oxygens (including phenoxy) is 1. The van der Waals surface area contributed by atoms with Crippen LogP contribution in [0.3, 0.4) is 0 Å². The molecular weight excluding hydrogens is 428 g/mol. The van der Waals surface area contributed by atoms with Crippen molar-refractivity contribution in [1.29, 1.82) is 0 Å². The van der Waals surface area contributed by atoms with E-state index in [2.05, 4.69) is 47.8 Å². The van der Waals surface area contributed by atoms with E-state index in [4.69, 9.17) is 4.74 Å². The van der Waals surface area contributed by atoms with Gasteiger partial charge in [-0.1, -0.05) is 47.8 Å². The Balaban J connectivity index is 1.76. The Morgan fingerprint density at radius 1 is 1.22 bits per heavy atom. The smallest absolute Gasteiger partial charge is 0.303 e. The van der Waals surface area contributed by atoms with Crippen molar-refractivity contribution >= 4 is 53.8 Å². The second-order valence-electron chi connectivity index (χ2n) is 6.77. The molecular formula is C13H13Br3O2. The Hall–Kier alpha value is 0.910. The molecule has 18 heavy (non-hydrogen) atoms. The van der Waals surface area contributed by atoms with Crippen molar-refractivity contribution in [3.05, 3.63) is 0 Å². The first-order valence-corrected chi connectivity index (χ1v) is 9.14. The fraction of sp³-hybridized carbons (Fsp3) is 0.923. The van der Waals surface area contributed by atoms with Crippen LogP contribution in [0.4, 0.5) is 0 Å². The van der Waals surface area contributed by atoms with Gasteiger partial charge in [0.15, 0.2) is 0 Å². The van der Waals surface area contributed by atoms with Crippen molar-refractivity contribution in [3.63, 3.8) is 0 Å². The summed E-state index contributed by atoms with van der Waals surface area (Å²) in [6.45, 7) is 1.56. The highest BCUT2D eigenvalue weighted by Gasteiger charge is 2.93. The van der Waals surface area contributed by atoms with Gasteiger partial charge in [0.25, 0.3) is 0 Å². The van der Waals surface area contributed by atoms with E-state index in [0.29, 0.717) is 22.6 Å². The van der Waals surface area contributed by atoms with Crippen LogP contribution in [0.1, 0.15) is 13.3 Å². The lowest BCUT2D eigenvalue weighted by Gasteiger charge is -2.41. The largest absolute Gasteiger partial charge is 0.457 e. The van der Waals surface area contributed by atoms with Gasteiger partial charge in [0.1, 0.15) is 5.60 Å². The number of esters is 1. The van der Waals surface area contributed by atoms with Crippen LogP contribution >= 0.6 is 47.8 Å². The van der Waals surface area contributed by atoms with Gasteiger partial charge in [0.05, 0.1) is 8.06 Å². The third-order valence-electron chi connectivity index (χ3n) is 6.63. The van der Waals surface area contributed by atoms with E-state index >= 15 is 0 Å². The number of rotatable bonds is 1. The molecule has 0 spiro atoms. The third kappa shape index (κ3) is 0.828. The van der Waals surface area contributed by atoms with Crippen LogP contribution in [0, 0.1) is 41.4 Å². The summed E-state index contributed by atoms with van der Waals surface area (Å²) in [5.74, 6) is 4.64. The highest BCUT2D eigenvalue weighted by atomic mass is 79.9. The molecule has 2 nitrogen and oxygen atoms in total. The zero-order chi connectivity index (χ0) is 12.6. The summed E-state index contributed by atoms with van der Waals surface area (Å²) in [4.78, 5) is 12.0. The SMILES string of the molecule is CC(=O)O[C@@]12[C@H]3[C@@H]4C[C@H]5[C@@H]([C@H]4[C@H]1Br)[C@H]2C(Br)(Br)[C@H]53. The number of carbonyl (C=O) groups is 1. The molecule has 6 aliphatic rings. The second kappa shape index (κ2) is 2.92. The maximum Gasteiger partial charge on any atom is 0.303 e. The van der Waals surface area contributed by atoms with Crippen LogP contribution in [0.25, 0.3) is 0 Å². The van der Waals surface area contributed by atoms with E-state index in [-0.39, 0.29) is 14.8 Å². The van der Waals surface area contributed by atoms with Crippen molar-refractivity contribution < 1.29 is 9.53 Å². The average Bonchev–Trinajstić information content (AvgIpc) is 2.93. The molecule has 0 saturated heterocycles. The lowest BCUT2D eigenvalue weighted by molar-refractivity contribution is -0.167. The summed E-state index contributed by atoms with van der Waals surface area (Å²) in [5, 5.41) is 0.